The minimum Gasteiger partial charge on any atom is -0.454 e. The molecule has 1 N–H and O–H groups in total. The van der Waals surface area contributed by atoms with E-state index in [9.17, 15) is 4.79 Å². The second-order valence-electron chi connectivity index (χ2n) is 6.45. The van der Waals surface area contributed by atoms with Gasteiger partial charge >= 0.3 is 0 Å². The zero-order valence-corrected chi connectivity index (χ0v) is 15.8. The van der Waals surface area contributed by atoms with Gasteiger partial charge in [-0.05, 0) is 37.6 Å². The maximum Gasteiger partial charge on any atom is 0.265 e. The van der Waals surface area contributed by atoms with E-state index in [1.54, 1.807) is 0 Å². The van der Waals surface area contributed by atoms with Crippen LogP contribution in [0.3, 0.4) is 0 Å². The highest BCUT2D eigenvalue weighted by Gasteiger charge is 2.16. The van der Waals surface area contributed by atoms with Crippen LogP contribution in [0.15, 0.2) is 28.7 Å². The molecule has 1 aliphatic heterocycles. The molecule has 0 aliphatic carbocycles. The molecule has 0 saturated heterocycles. The summed E-state index contributed by atoms with van der Waals surface area (Å²) in [5.74, 6) is 2.17. The monoisotopic (exact) mass is 383 g/mol. The molecule has 1 aromatic carbocycles. The molecule has 9 heteroatoms. The molecule has 0 radical (unpaired) electrons. The molecule has 146 valence electrons. The first-order valence-electron chi connectivity index (χ1n) is 9.15. The van der Waals surface area contributed by atoms with Crippen molar-refractivity contribution in [2.24, 2.45) is 0 Å². The Hall–Kier alpha value is -3.36. The molecule has 3 aromatic rings. The van der Waals surface area contributed by atoms with E-state index in [0.717, 1.165) is 22.7 Å². The van der Waals surface area contributed by atoms with Crippen LogP contribution in [0, 0.1) is 6.92 Å². The van der Waals surface area contributed by atoms with Crippen molar-refractivity contribution >= 4 is 5.91 Å². The molecule has 4 rings (SSSR count). The molecule has 9 nitrogen and oxygen atoms in total. The van der Waals surface area contributed by atoms with Crippen molar-refractivity contribution in [3.8, 4) is 23.1 Å². The van der Waals surface area contributed by atoms with E-state index in [0.29, 0.717) is 37.0 Å². The number of benzene rings is 1. The highest BCUT2D eigenvalue weighted by molar-refractivity contribution is 5.76. The zero-order valence-electron chi connectivity index (χ0n) is 15.8. The second-order valence-corrected chi connectivity index (χ2v) is 6.45. The third-order valence-electron chi connectivity index (χ3n) is 4.38. The van der Waals surface area contributed by atoms with Gasteiger partial charge in [0.05, 0.1) is 5.69 Å². The van der Waals surface area contributed by atoms with Crippen molar-refractivity contribution in [3.63, 3.8) is 0 Å². The number of amides is 1. The Morgan fingerprint density at radius 3 is 2.93 bits per heavy atom. The number of aryl methyl sites for hydroxylation is 3. The van der Waals surface area contributed by atoms with Crippen LogP contribution < -0.4 is 14.8 Å². The summed E-state index contributed by atoms with van der Waals surface area (Å²) in [7, 11) is 0. The maximum absolute atomic E-state index is 12.1. The number of aromatic nitrogens is 4. The largest absolute Gasteiger partial charge is 0.454 e. The fraction of sp³-hybridized carbons (Fsp3) is 0.368. The van der Waals surface area contributed by atoms with E-state index < -0.39 is 0 Å². The minimum absolute atomic E-state index is 0.0909. The maximum atomic E-state index is 12.1. The van der Waals surface area contributed by atoms with Gasteiger partial charge in [-0.1, -0.05) is 6.07 Å². The number of hydrogen-bond donors (Lipinski definition) is 1. The number of carbonyl (C=O) groups is 1. The first kappa shape index (κ1) is 18.0. The van der Waals surface area contributed by atoms with Crippen LogP contribution in [0.5, 0.6) is 11.5 Å². The molecule has 1 amide bonds. The van der Waals surface area contributed by atoms with Gasteiger partial charge in [0.25, 0.3) is 5.89 Å². The number of fused-ring (bicyclic) bond motifs is 1. The topological polar surface area (TPSA) is 104 Å². The Kier molecular flexibility index (Phi) is 4.96. The van der Waals surface area contributed by atoms with Crippen molar-refractivity contribution < 1.29 is 18.7 Å². The van der Waals surface area contributed by atoms with Crippen LogP contribution in [-0.2, 0) is 24.3 Å². The Balaban J connectivity index is 1.30. The number of hydrogen-bond acceptors (Lipinski definition) is 7. The van der Waals surface area contributed by atoms with Crippen molar-refractivity contribution in [1.29, 1.82) is 0 Å². The Morgan fingerprint density at radius 2 is 2.07 bits per heavy atom. The standard InChI is InChI=1S/C19H21N5O4/c1-3-24-14(8-12(2)23-24)19-22-21-18(28-19)7-6-17(25)20-10-13-4-5-15-16(9-13)27-11-26-15/h4-5,8-9H,3,6-7,10-11H2,1-2H3,(H,20,25). The Labute approximate surface area is 161 Å². The van der Waals surface area contributed by atoms with Crippen molar-refractivity contribution in [2.45, 2.75) is 39.8 Å². The van der Waals surface area contributed by atoms with E-state index in [1.165, 1.54) is 0 Å². The second kappa shape index (κ2) is 7.71. The average molecular weight is 383 g/mol. The Bertz CT molecular complexity index is 994. The van der Waals surface area contributed by atoms with Crippen LogP contribution in [0.1, 0.15) is 30.5 Å². The number of nitrogens with one attached hydrogen (secondary N) is 1. The third-order valence-corrected chi connectivity index (χ3v) is 4.38. The van der Waals surface area contributed by atoms with E-state index >= 15 is 0 Å². The van der Waals surface area contributed by atoms with Gasteiger partial charge in [0.1, 0.15) is 5.69 Å². The predicted molar refractivity (Wildman–Crippen MR) is 98.7 cm³/mol. The fourth-order valence-electron chi connectivity index (χ4n) is 2.98. The van der Waals surface area contributed by atoms with Crippen molar-refractivity contribution in [2.75, 3.05) is 6.79 Å². The first-order valence-corrected chi connectivity index (χ1v) is 9.15. The van der Waals surface area contributed by atoms with E-state index in [2.05, 4.69) is 20.6 Å². The quantitative estimate of drug-likeness (QED) is 0.667. The minimum atomic E-state index is -0.0909. The van der Waals surface area contributed by atoms with Gasteiger partial charge in [-0.3, -0.25) is 9.48 Å². The van der Waals surface area contributed by atoms with Crippen LogP contribution in [0.25, 0.3) is 11.6 Å². The number of carbonyl (C=O) groups excluding carboxylic acids is 1. The van der Waals surface area contributed by atoms with Gasteiger partial charge in [-0.25, -0.2) is 0 Å². The molecule has 2 aromatic heterocycles. The molecule has 0 unspecified atom stereocenters. The van der Waals surface area contributed by atoms with Gasteiger partial charge < -0.3 is 19.2 Å². The molecule has 0 bridgehead atoms. The summed E-state index contributed by atoms with van der Waals surface area (Å²) in [6, 6.07) is 7.51. The van der Waals surface area contributed by atoms with Gasteiger partial charge in [-0.2, -0.15) is 5.10 Å². The Morgan fingerprint density at radius 1 is 1.21 bits per heavy atom. The molecular formula is C19H21N5O4. The molecule has 0 saturated carbocycles. The summed E-state index contributed by atoms with van der Waals surface area (Å²) >= 11 is 0. The van der Waals surface area contributed by atoms with Crippen LogP contribution in [0.2, 0.25) is 0 Å². The molecule has 0 fully saturated rings. The molecule has 0 spiro atoms. The normalized spacial score (nSPS) is 12.4. The zero-order chi connectivity index (χ0) is 19.5. The predicted octanol–water partition coefficient (Wildman–Crippen LogP) is 2.24. The summed E-state index contributed by atoms with van der Waals surface area (Å²) < 4.78 is 18.1. The smallest absolute Gasteiger partial charge is 0.265 e. The molecule has 1 aliphatic rings. The lowest BCUT2D eigenvalue weighted by Gasteiger charge is -2.05. The van der Waals surface area contributed by atoms with E-state index in [1.807, 2.05) is 42.8 Å². The number of nitrogens with zero attached hydrogens (tertiary/aromatic N) is 4. The van der Waals surface area contributed by atoms with Crippen LogP contribution in [0.4, 0.5) is 0 Å². The van der Waals surface area contributed by atoms with Gasteiger partial charge in [0.15, 0.2) is 11.5 Å². The molecule has 0 atom stereocenters. The lowest BCUT2D eigenvalue weighted by Crippen LogP contribution is -2.23. The molecule has 3 heterocycles. The van der Waals surface area contributed by atoms with Crippen molar-refractivity contribution in [3.05, 3.63) is 41.4 Å². The van der Waals surface area contributed by atoms with E-state index in [-0.39, 0.29) is 19.1 Å². The number of ether oxygens (including phenoxy) is 2. The van der Waals surface area contributed by atoms with Crippen LogP contribution in [-0.4, -0.2) is 32.7 Å². The lowest BCUT2D eigenvalue weighted by atomic mass is 10.2. The molecular weight excluding hydrogens is 362 g/mol. The summed E-state index contributed by atoms with van der Waals surface area (Å²) in [5, 5.41) is 15.4. The highest BCUT2D eigenvalue weighted by atomic mass is 16.7. The summed E-state index contributed by atoms with van der Waals surface area (Å²) in [6.45, 7) is 5.27. The third kappa shape index (κ3) is 3.83. The lowest BCUT2D eigenvalue weighted by molar-refractivity contribution is -0.121. The van der Waals surface area contributed by atoms with Gasteiger partial charge in [0.2, 0.25) is 18.6 Å². The average Bonchev–Trinajstić information content (AvgIpc) is 3.43. The van der Waals surface area contributed by atoms with Crippen molar-refractivity contribution in [1.82, 2.24) is 25.3 Å². The highest BCUT2D eigenvalue weighted by Crippen LogP contribution is 2.32. The summed E-state index contributed by atoms with van der Waals surface area (Å²) in [5.41, 5.74) is 2.62. The van der Waals surface area contributed by atoms with Crippen LogP contribution >= 0.6 is 0 Å². The fourth-order valence-corrected chi connectivity index (χ4v) is 2.98. The first-order chi connectivity index (χ1) is 13.6. The summed E-state index contributed by atoms with van der Waals surface area (Å²) in [6.07, 6.45) is 0.636. The SMILES string of the molecule is CCn1nc(C)cc1-c1nnc(CCC(=O)NCc2ccc3c(c2)OCO3)o1. The van der Waals surface area contributed by atoms with Gasteiger partial charge in [-0.15, -0.1) is 10.2 Å². The van der Waals surface area contributed by atoms with E-state index in [4.69, 9.17) is 13.9 Å². The molecule has 28 heavy (non-hydrogen) atoms. The number of rotatable bonds is 7. The van der Waals surface area contributed by atoms with Gasteiger partial charge in [0, 0.05) is 25.9 Å². The summed E-state index contributed by atoms with van der Waals surface area (Å²) in [4.78, 5) is 12.1.